The van der Waals surface area contributed by atoms with Crippen LogP contribution in [0.2, 0.25) is 0 Å². The lowest BCUT2D eigenvalue weighted by Gasteiger charge is -2.35. The Kier molecular flexibility index (Phi) is 8.60. The van der Waals surface area contributed by atoms with Gasteiger partial charge in [-0.25, -0.2) is 4.79 Å². The molecule has 8 nitrogen and oxygen atoms in total. The summed E-state index contributed by atoms with van der Waals surface area (Å²) in [6.45, 7) is 0.293. The van der Waals surface area contributed by atoms with E-state index in [1.165, 1.54) is 0 Å². The third-order valence-corrected chi connectivity index (χ3v) is 6.53. The van der Waals surface area contributed by atoms with Crippen molar-refractivity contribution in [2.45, 2.75) is 50.4 Å². The summed E-state index contributed by atoms with van der Waals surface area (Å²) in [6, 6.07) is 22.0. The molecule has 3 aromatic carbocycles. The fraction of sp³-hybridized carbons (Fsp3) is 0.345. The third kappa shape index (κ3) is 6.78. The van der Waals surface area contributed by atoms with Crippen molar-refractivity contribution in [3.05, 3.63) is 72.3 Å². The summed E-state index contributed by atoms with van der Waals surface area (Å²) in [5.74, 6) is 0.272. The van der Waals surface area contributed by atoms with Crippen molar-refractivity contribution < 1.29 is 23.8 Å². The van der Waals surface area contributed by atoms with Crippen molar-refractivity contribution in [1.82, 2.24) is 5.32 Å². The van der Waals surface area contributed by atoms with E-state index < -0.39 is 23.6 Å². The summed E-state index contributed by atoms with van der Waals surface area (Å²) >= 11 is 0. The number of carbonyl (C=O) groups excluding carboxylic acids is 2. The van der Waals surface area contributed by atoms with Crippen LogP contribution in [0.4, 0.5) is 10.5 Å². The number of nitrogens with zero attached hydrogens (tertiary/aromatic N) is 1. The predicted octanol–water partition coefficient (Wildman–Crippen LogP) is 5.32. The zero-order valence-electron chi connectivity index (χ0n) is 20.9. The van der Waals surface area contributed by atoms with Gasteiger partial charge in [0.1, 0.15) is 11.8 Å². The van der Waals surface area contributed by atoms with Crippen molar-refractivity contribution in [3.63, 3.8) is 0 Å². The minimum absolute atomic E-state index is 0.00757. The largest absolute Gasteiger partial charge is 0.497 e. The Bertz CT molecular complexity index is 1260. The second kappa shape index (κ2) is 12.2. The van der Waals surface area contributed by atoms with Crippen LogP contribution in [0.25, 0.3) is 10.8 Å². The lowest BCUT2D eigenvalue weighted by molar-refractivity contribution is -0.143. The highest BCUT2D eigenvalue weighted by Crippen LogP contribution is 2.33. The van der Waals surface area contributed by atoms with Crippen LogP contribution in [-0.2, 0) is 20.9 Å². The third-order valence-electron chi connectivity index (χ3n) is 6.53. The van der Waals surface area contributed by atoms with Crippen molar-refractivity contribution in [3.8, 4) is 11.8 Å². The number of rotatable bonds is 9. The minimum atomic E-state index is -1.33. The number of fused-ring (bicyclic) bond motifs is 1. The average molecular weight is 502 g/mol. The SMILES string of the molecule is COc1ccc(COCC(C#N)NC(=O)C2(OC(=O)Nc3ccc4ccccc4c3)CCCCC2)cc1. The quantitative estimate of drug-likeness (QED) is 0.410. The van der Waals surface area contributed by atoms with Gasteiger partial charge in [0.25, 0.3) is 5.91 Å². The maximum absolute atomic E-state index is 13.3. The molecule has 1 aliphatic rings. The van der Waals surface area contributed by atoms with E-state index in [9.17, 15) is 14.9 Å². The molecule has 0 saturated heterocycles. The Morgan fingerprint density at radius 2 is 1.73 bits per heavy atom. The average Bonchev–Trinajstić information content (AvgIpc) is 2.93. The molecule has 1 fully saturated rings. The molecule has 1 atom stereocenters. The van der Waals surface area contributed by atoms with E-state index in [4.69, 9.17) is 14.2 Å². The van der Waals surface area contributed by atoms with E-state index in [-0.39, 0.29) is 13.2 Å². The molecule has 0 spiro atoms. The van der Waals surface area contributed by atoms with E-state index in [0.29, 0.717) is 18.5 Å². The van der Waals surface area contributed by atoms with Crippen LogP contribution in [0.15, 0.2) is 66.7 Å². The molecular formula is C29H31N3O5. The number of methoxy groups -OCH3 is 1. The first kappa shape index (κ1) is 26.0. The second-order valence-electron chi connectivity index (χ2n) is 9.15. The number of hydrogen-bond donors (Lipinski definition) is 2. The maximum atomic E-state index is 13.3. The predicted molar refractivity (Wildman–Crippen MR) is 140 cm³/mol. The van der Waals surface area contributed by atoms with Crippen LogP contribution in [0.3, 0.4) is 0 Å². The van der Waals surface area contributed by atoms with Crippen molar-refractivity contribution in [2.75, 3.05) is 19.0 Å². The van der Waals surface area contributed by atoms with Crippen LogP contribution in [0.1, 0.15) is 37.7 Å². The molecule has 8 heteroatoms. The molecule has 4 rings (SSSR count). The van der Waals surface area contributed by atoms with Gasteiger partial charge in [-0.3, -0.25) is 10.1 Å². The van der Waals surface area contributed by atoms with Crippen LogP contribution >= 0.6 is 0 Å². The number of hydrogen-bond acceptors (Lipinski definition) is 6. The molecule has 2 N–H and O–H groups in total. The molecule has 3 aromatic rings. The van der Waals surface area contributed by atoms with Gasteiger partial charge in [0.05, 0.1) is 26.4 Å². The zero-order chi connectivity index (χ0) is 26.1. The number of nitrogens with one attached hydrogen (secondary N) is 2. The standard InChI is InChI=1S/C29H31N3O5/c1-35-26-13-9-21(10-14-26)19-36-20-25(18-30)31-27(33)29(15-5-2-6-16-29)37-28(34)32-24-12-11-22-7-3-4-8-23(22)17-24/h3-4,7-14,17,25H,2,5-6,15-16,19-20H2,1H3,(H,31,33)(H,32,34). The molecule has 37 heavy (non-hydrogen) atoms. The van der Waals surface area contributed by atoms with Gasteiger partial charge >= 0.3 is 6.09 Å². The second-order valence-corrected chi connectivity index (χ2v) is 9.15. The zero-order valence-corrected chi connectivity index (χ0v) is 20.9. The molecule has 1 aliphatic carbocycles. The Balaban J connectivity index is 1.36. The van der Waals surface area contributed by atoms with Gasteiger partial charge in [0.15, 0.2) is 5.60 Å². The minimum Gasteiger partial charge on any atom is -0.497 e. The van der Waals surface area contributed by atoms with E-state index >= 15 is 0 Å². The maximum Gasteiger partial charge on any atom is 0.412 e. The monoisotopic (exact) mass is 501 g/mol. The molecule has 192 valence electrons. The molecular weight excluding hydrogens is 470 g/mol. The van der Waals surface area contributed by atoms with Crippen molar-refractivity contribution in [2.24, 2.45) is 0 Å². The fourth-order valence-corrected chi connectivity index (χ4v) is 4.50. The van der Waals surface area contributed by atoms with Crippen molar-refractivity contribution in [1.29, 1.82) is 5.26 Å². The first-order valence-corrected chi connectivity index (χ1v) is 12.4. The summed E-state index contributed by atoms with van der Waals surface area (Å²) in [7, 11) is 1.60. The summed E-state index contributed by atoms with van der Waals surface area (Å²) in [4.78, 5) is 26.2. The van der Waals surface area contributed by atoms with Gasteiger partial charge in [-0.05, 0) is 66.3 Å². The summed E-state index contributed by atoms with van der Waals surface area (Å²) in [5, 5.41) is 17.1. The Morgan fingerprint density at radius 1 is 1.00 bits per heavy atom. The Morgan fingerprint density at radius 3 is 2.43 bits per heavy atom. The normalized spacial score (nSPS) is 15.2. The molecule has 1 saturated carbocycles. The number of ether oxygens (including phenoxy) is 3. The number of benzene rings is 3. The molecule has 2 amide bonds. The first-order valence-electron chi connectivity index (χ1n) is 12.4. The van der Waals surface area contributed by atoms with E-state index in [0.717, 1.165) is 41.3 Å². The number of amides is 2. The topological polar surface area (TPSA) is 110 Å². The van der Waals surface area contributed by atoms with Gasteiger partial charge in [-0.1, -0.05) is 48.9 Å². The molecule has 0 radical (unpaired) electrons. The summed E-state index contributed by atoms with van der Waals surface area (Å²) in [6.07, 6.45) is 2.56. The van der Waals surface area contributed by atoms with Crippen molar-refractivity contribution >= 4 is 28.5 Å². The number of nitriles is 1. The Hall–Kier alpha value is -4.09. The van der Waals surface area contributed by atoms with Crippen LogP contribution in [-0.4, -0.2) is 37.4 Å². The highest BCUT2D eigenvalue weighted by atomic mass is 16.6. The van der Waals surface area contributed by atoms with Crippen LogP contribution < -0.4 is 15.4 Å². The van der Waals surface area contributed by atoms with Gasteiger partial charge in [-0.2, -0.15) is 5.26 Å². The van der Waals surface area contributed by atoms with Crippen LogP contribution in [0, 0.1) is 11.3 Å². The molecule has 0 aromatic heterocycles. The first-order chi connectivity index (χ1) is 18.0. The highest BCUT2D eigenvalue weighted by Gasteiger charge is 2.44. The van der Waals surface area contributed by atoms with Gasteiger partial charge in [0, 0.05) is 5.69 Å². The number of carbonyl (C=O) groups is 2. The lowest BCUT2D eigenvalue weighted by atomic mass is 9.83. The summed E-state index contributed by atoms with van der Waals surface area (Å²) < 4.78 is 16.6. The van der Waals surface area contributed by atoms with Gasteiger partial charge < -0.3 is 19.5 Å². The Labute approximate surface area is 216 Å². The van der Waals surface area contributed by atoms with E-state index in [2.05, 4.69) is 16.7 Å². The molecule has 0 heterocycles. The summed E-state index contributed by atoms with van der Waals surface area (Å²) in [5.41, 5.74) is 0.169. The molecule has 0 aliphatic heterocycles. The smallest absolute Gasteiger partial charge is 0.412 e. The van der Waals surface area contributed by atoms with E-state index in [1.54, 1.807) is 13.2 Å². The fourth-order valence-electron chi connectivity index (χ4n) is 4.50. The van der Waals surface area contributed by atoms with Gasteiger partial charge in [-0.15, -0.1) is 0 Å². The van der Waals surface area contributed by atoms with Crippen LogP contribution in [0.5, 0.6) is 5.75 Å². The van der Waals surface area contributed by atoms with Gasteiger partial charge in [0.2, 0.25) is 0 Å². The molecule has 1 unspecified atom stereocenters. The number of anilines is 1. The molecule has 0 bridgehead atoms. The lowest BCUT2D eigenvalue weighted by Crippen LogP contribution is -2.54. The van der Waals surface area contributed by atoms with E-state index in [1.807, 2.05) is 60.7 Å². The highest BCUT2D eigenvalue weighted by molar-refractivity contribution is 5.94.